The van der Waals surface area contributed by atoms with Crippen molar-refractivity contribution in [3.63, 3.8) is 0 Å². The molecular weight excluding hydrogens is 268 g/mol. The van der Waals surface area contributed by atoms with Gasteiger partial charge in [0.1, 0.15) is 5.75 Å². The molecule has 2 N–H and O–H groups in total. The predicted molar refractivity (Wildman–Crippen MR) is 70.7 cm³/mol. The van der Waals surface area contributed by atoms with E-state index in [-0.39, 0.29) is 5.56 Å². The van der Waals surface area contributed by atoms with Gasteiger partial charge in [-0.15, -0.1) is 0 Å². The third-order valence-electron chi connectivity index (χ3n) is 2.83. The number of unbranched alkanes of at least 4 members (excludes halogenated alkanes) is 1. The number of hydrogen-bond acceptors (Lipinski definition) is 4. The largest absolute Gasteiger partial charge is 0.494 e. The van der Waals surface area contributed by atoms with Crippen molar-refractivity contribution in [2.24, 2.45) is 5.73 Å². The van der Waals surface area contributed by atoms with E-state index >= 15 is 0 Å². The van der Waals surface area contributed by atoms with Gasteiger partial charge in [-0.1, -0.05) is 25.5 Å². The highest BCUT2D eigenvalue weighted by atomic mass is 19.3. The number of alkyl halides is 2. The number of nitrogens with two attached hydrogens (primary N) is 1. The molecule has 0 aliphatic rings. The minimum absolute atomic E-state index is 0.327. The van der Waals surface area contributed by atoms with Gasteiger partial charge in [-0.3, -0.25) is 4.79 Å². The van der Waals surface area contributed by atoms with Crippen LogP contribution in [0, 0.1) is 0 Å². The molecule has 1 unspecified atom stereocenters. The van der Waals surface area contributed by atoms with E-state index in [1.54, 1.807) is 6.07 Å². The van der Waals surface area contributed by atoms with Crippen molar-refractivity contribution in [1.82, 2.24) is 0 Å². The van der Waals surface area contributed by atoms with Crippen LogP contribution in [-0.2, 0) is 15.5 Å². The van der Waals surface area contributed by atoms with Crippen molar-refractivity contribution < 1.29 is 23.0 Å². The maximum Gasteiger partial charge on any atom is 0.329 e. The summed E-state index contributed by atoms with van der Waals surface area (Å²) in [7, 11) is 1.02. The Balaban J connectivity index is 2.89. The van der Waals surface area contributed by atoms with Crippen LogP contribution in [0.1, 0.15) is 25.3 Å². The van der Waals surface area contributed by atoms with Gasteiger partial charge in [0.15, 0.2) is 6.04 Å². The first-order chi connectivity index (χ1) is 9.43. The summed E-state index contributed by atoms with van der Waals surface area (Å²) >= 11 is 0. The average Bonchev–Trinajstić information content (AvgIpc) is 2.46. The molecule has 0 heterocycles. The Bertz CT molecular complexity index is 452. The Kier molecular flexibility index (Phi) is 5.88. The first-order valence-electron chi connectivity index (χ1n) is 6.38. The molecule has 6 heteroatoms. The van der Waals surface area contributed by atoms with E-state index in [9.17, 15) is 13.6 Å². The fourth-order valence-corrected chi connectivity index (χ4v) is 1.58. The average molecular weight is 287 g/mol. The monoisotopic (exact) mass is 287 g/mol. The quantitative estimate of drug-likeness (QED) is 0.618. The van der Waals surface area contributed by atoms with Crippen LogP contribution in [0.3, 0.4) is 0 Å². The summed E-state index contributed by atoms with van der Waals surface area (Å²) in [5, 5.41) is 0. The van der Waals surface area contributed by atoms with Crippen molar-refractivity contribution in [2.75, 3.05) is 13.7 Å². The Morgan fingerprint density at radius 3 is 2.75 bits per heavy atom. The van der Waals surface area contributed by atoms with Gasteiger partial charge in [-0.25, -0.2) is 0 Å². The summed E-state index contributed by atoms with van der Waals surface area (Å²) in [5.74, 6) is -4.35. The molecule has 0 aromatic heterocycles. The van der Waals surface area contributed by atoms with Crippen LogP contribution >= 0.6 is 0 Å². The van der Waals surface area contributed by atoms with Crippen molar-refractivity contribution in [1.29, 1.82) is 0 Å². The summed E-state index contributed by atoms with van der Waals surface area (Å²) in [6, 6.07) is 3.37. The molecule has 4 nitrogen and oxygen atoms in total. The minimum Gasteiger partial charge on any atom is -0.494 e. The number of esters is 1. The van der Waals surface area contributed by atoms with Crippen LogP contribution < -0.4 is 10.5 Å². The number of benzene rings is 1. The number of rotatable bonds is 7. The van der Waals surface area contributed by atoms with E-state index in [1.807, 2.05) is 6.92 Å². The minimum atomic E-state index is -3.52. The Hall–Kier alpha value is -1.69. The van der Waals surface area contributed by atoms with Crippen molar-refractivity contribution in [2.45, 2.75) is 31.7 Å². The van der Waals surface area contributed by atoms with Gasteiger partial charge in [0, 0.05) is 5.56 Å². The summed E-state index contributed by atoms with van der Waals surface area (Å²) in [6.45, 7) is 2.46. The number of carbonyl (C=O) groups excluding carboxylic acids is 1. The fourth-order valence-electron chi connectivity index (χ4n) is 1.58. The third kappa shape index (κ3) is 3.90. The molecule has 0 spiro atoms. The van der Waals surface area contributed by atoms with Gasteiger partial charge in [0.2, 0.25) is 0 Å². The predicted octanol–water partition coefficient (Wildman–Crippen LogP) is 2.46. The van der Waals surface area contributed by atoms with Gasteiger partial charge in [0.25, 0.3) is 5.92 Å². The lowest BCUT2D eigenvalue weighted by Gasteiger charge is -2.22. The second kappa shape index (κ2) is 7.19. The molecule has 1 aromatic rings. The molecule has 20 heavy (non-hydrogen) atoms. The number of carbonyl (C=O) groups is 1. The fraction of sp³-hybridized carbons (Fsp3) is 0.500. The second-order valence-electron chi connectivity index (χ2n) is 4.35. The zero-order valence-electron chi connectivity index (χ0n) is 11.6. The number of halogens is 2. The summed E-state index contributed by atoms with van der Waals surface area (Å²) in [5.41, 5.74) is 4.87. The zero-order chi connectivity index (χ0) is 15.2. The normalized spacial score (nSPS) is 12.8. The Labute approximate surface area is 116 Å². The lowest BCUT2D eigenvalue weighted by molar-refractivity contribution is -0.153. The third-order valence-corrected chi connectivity index (χ3v) is 2.83. The van der Waals surface area contributed by atoms with Crippen molar-refractivity contribution in [3.8, 4) is 5.75 Å². The van der Waals surface area contributed by atoms with Gasteiger partial charge in [-0.05, 0) is 18.6 Å². The molecule has 0 radical (unpaired) electrons. The molecule has 1 aromatic carbocycles. The van der Waals surface area contributed by atoms with Crippen LogP contribution in [0.4, 0.5) is 8.78 Å². The molecule has 0 fully saturated rings. The number of methoxy groups -OCH3 is 1. The first kappa shape index (κ1) is 16.4. The van der Waals surface area contributed by atoms with Crippen molar-refractivity contribution in [3.05, 3.63) is 29.8 Å². The smallest absolute Gasteiger partial charge is 0.329 e. The standard InChI is InChI=1S/C14H19F2NO3/c1-3-4-8-20-11-7-5-6-10(9-11)14(15,16)12(17)13(18)19-2/h5-7,9,12H,3-4,8,17H2,1-2H3. The van der Waals surface area contributed by atoms with Crippen LogP contribution in [0.5, 0.6) is 5.75 Å². The summed E-state index contributed by atoms with van der Waals surface area (Å²) in [6.07, 6.45) is 1.78. The molecule has 1 rings (SSSR count). The molecule has 0 saturated heterocycles. The van der Waals surface area contributed by atoms with Crippen LogP contribution in [0.2, 0.25) is 0 Å². The highest BCUT2D eigenvalue weighted by molar-refractivity contribution is 5.77. The number of hydrogen-bond donors (Lipinski definition) is 1. The van der Waals surface area contributed by atoms with Gasteiger partial charge < -0.3 is 15.2 Å². The zero-order valence-corrected chi connectivity index (χ0v) is 11.6. The molecule has 0 amide bonds. The summed E-state index contributed by atoms with van der Waals surface area (Å²) < 4.78 is 37.8. The molecule has 1 atom stereocenters. The van der Waals surface area contributed by atoms with Gasteiger partial charge in [-0.2, -0.15) is 8.78 Å². The maximum absolute atomic E-state index is 14.1. The van der Waals surface area contributed by atoms with E-state index < -0.39 is 17.9 Å². The number of ether oxygens (including phenoxy) is 2. The SMILES string of the molecule is CCCCOc1cccc(C(F)(F)C(N)C(=O)OC)c1. The highest BCUT2D eigenvalue weighted by Gasteiger charge is 2.44. The molecular formula is C14H19F2NO3. The van der Waals surface area contributed by atoms with E-state index in [0.717, 1.165) is 20.0 Å². The van der Waals surface area contributed by atoms with E-state index in [0.29, 0.717) is 12.4 Å². The van der Waals surface area contributed by atoms with Crippen LogP contribution in [-0.4, -0.2) is 25.7 Å². The molecule has 0 aliphatic carbocycles. The molecule has 0 saturated carbocycles. The second-order valence-corrected chi connectivity index (χ2v) is 4.35. The lowest BCUT2D eigenvalue weighted by Crippen LogP contribution is -2.45. The maximum atomic E-state index is 14.1. The van der Waals surface area contributed by atoms with Crippen LogP contribution in [0.25, 0.3) is 0 Å². The topological polar surface area (TPSA) is 61.5 Å². The molecule has 0 bridgehead atoms. The highest BCUT2D eigenvalue weighted by Crippen LogP contribution is 2.33. The van der Waals surface area contributed by atoms with E-state index in [2.05, 4.69) is 4.74 Å². The van der Waals surface area contributed by atoms with Crippen LogP contribution in [0.15, 0.2) is 24.3 Å². The summed E-state index contributed by atoms with van der Waals surface area (Å²) in [4.78, 5) is 11.2. The first-order valence-corrected chi connectivity index (χ1v) is 6.38. The van der Waals surface area contributed by atoms with Gasteiger partial charge >= 0.3 is 5.97 Å². The van der Waals surface area contributed by atoms with E-state index in [1.165, 1.54) is 18.2 Å². The lowest BCUT2D eigenvalue weighted by atomic mass is 10.0. The Morgan fingerprint density at radius 1 is 1.45 bits per heavy atom. The molecule has 112 valence electrons. The van der Waals surface area contributed by atoms with Gasteiger partial charge in [0.05, 0.1) is 13.7 Å². The van der Waals surface area contributed by atoms with Crippen molar-refractivity contribution >= 4 is 5.97 Å². The molecule has 0 aliphatic heterocycles. The van der Waals surface area contributed by atoms with E-state index in [4.69, 9.17) is 10.5 Å². The Morgan fingerprint density at radius 2 is 2.15 bits per heavy atom.